The molecule has 0 fully saturated rings. The van der Waals surface area contributed by atoms with Crippen LogP contribution in [0.25, 0.3) is 0 Å². The summed E-state index contributed by atoms with van der Waals surface area (Å²) >= 11 is 14.2. The van der Waals surface area contributed by atoms with Crippen molar-refractivity contribution in [1.29, 1.82) is 0 Å². The van der Waals surface area contributed by atoms with Crippen molar-refractivity contribution in [2.75, 3.05) is 17.1 Å². The van der Waals surface area contributed by atoms with Gasteiger partial charge in [0, 0.05) is 17.1 Å². The molecule has 5 heteroatoms. The second-order valence-corrected chi connectivity index (χ2v) is 6.85. The molecule has 0 aromatic heterocycles. The Hall–Kier alpha value is 1.27. The Morgan fingerprint density at radius 3 is 1.46 bits per heavy atom. The van der Waals surface area contributed by atoms with Crippen LogP contribution in [0.3, 0.4) is 0 Å². The van der Waals surface area contributed by atoms with Crippen LogP contribution in [0, 0.1) is 6.92 Å². The molecule has 0 amide bonds. The fourth-order valence-corrected chi connectivity index (χ4v) is 1.91. The van der Waals surface area contributed by atoms with Crippen LogP contribution in [0.4, 0.5) is 0 Å². The normalized spacial score (nSPS) is 7.92. The molecule has 0 radical (unpaired) electrons. The molecule has 0 aliphatic rings. The fraction of sp³-hybridized carbons (Fsp3) is 0.571. The van der Waals surface area contributed by atoms with E-state index in [9.17, 15) is 0 Å². The average Bonchev–Trinajstić information content (AvgIpc) is 2.48. The Balaban J connectivity index is -0.0000000586. The third-order valence-corrected chi connectivity index (χ3v) is 3.82. The van der Waals surface area contributed by atoms with Gasteiger partial charge >= 0.3 is 23.1 Å². The standard InChI is InChI=1S/C10H17Cl.C5H8BrCl.C5H9.CH4.BrH.Mg/c1-9(2)5-4-6-10(3)7-8-11;1-5(4-6)2-3-7;1-4-5(2)3;;;/h1,3-8H2,2H3;1-4H2;1-2,4H2,3H3;1H4;1H;/q;;-1;;;+2/p-1. The maximum absolute atomic E-state index is 5.56. The van der Waals surface area contributed by atoms with Gasteiger partial charge in [-0.1, -0.05) is 53.2 Å². The monoisotopic (exact) mass is 542 g/mol. The van der Waals surface area contributed by atoms with Crippen LogP contribution in [0.2, 0.25) is 0 Å². The summed E-state index contributed by atoms with van der Waals surface area (Å²) in [6.07, 6.45) is 6.12. The van der Waals surface area contributed by atoms with Crippen LogP contribution in [0.5, 0.6) is 0 Å². The van der Waals surface area contributed by atoms with E-state index in [1.54, 1.807) is 0 Å². The van der Waals surface area contributed by atoms with Crippen molar-refractivity contribution >= 4 is 62.2 Å². The molecule has 0 aromatic rings. The van der Waals surface area contributed by atoms with E-state index in [0.29, 0.717) is 11.8 Å². The van der Waals surface area contributed by atoms with Crippen molar-refractivity contribution in [2.24, 2.45) is 0 Å². The van der Waals surface area contributed by atoms with Crippen LogP contribution in [-0.4, -0.2) is 40.1 Å². The summed E-state index contributed by atoms with van der Waals surface area (Å²) in [5.74, 6) is 1.39. The van der Waals surface area contributed by atoms with Gasteiger partial charge in [-0.15, -0.1) is 41.9 Å². The molecule has 152 valence electrons. The molecule has 0 atom stereocenters. The Kier molecular flexibility index (Phi) is 54.1. The minimum Gasteiger partial charge on any atom is -1.00 e. The summed E-state index contributed by atoms with van der Waals surface area (Å²) in [5.41, 5.74) is 4.82. The van der Waals surface area contributed by atoms with Gasteiger partial charge in [-0.25, -0.2) is 0 Å². The third kappa shape index (κ3) is 49.9. The molecule has 0 N–H and O–H groups in total. The van der Waals surface area contributed by atoms with Crippen LogP contribution >= 0.6 is 39.1 Å². The Morgan fingerprint density at radius 2 is 1.23 bits per heavy atom. The molecule has 0 bridgehead atoms. The van der Waals surface area contributed by atoms with Crippen LogP contribution in [0.1, 0.15) is 59.8 Å². The van der Waals surface area contributed by atoms with E-state index in [2.05, 4.69) is 56.1 Å². The fourth-order valence-electron chi connectivity index (χ4n) is 1.10. The van der Waals surface area contributed by atoms with Crippen molar-refractivity contribution in [3.05, 3.63) is 55.5 Å². The molecular weight excluding hydrogens is 507 g/mol. The van der Waals surface area contributed by atoms with Gasteiger partial charge in [-0.3, -0.25) is 0 Å². The van der Waals surface area contributed by atoms with Gasteiger partial charge in [0.15, 0.2) is 0 Å². The van der Waals surface area contributed by atoms with Gasteiger partial charge in [0.1, 0.15) is 0 Å². The van der Waals surface area contributed by atoms with Crippen molar-refractivity contribution in [3.8, 4) is 0 Å². The van der Waals surface area contributed by atoms with Gasteiger partial charge in [-0.05, 0) is 46.0 Å². The molecule has 26 heavy (non-hydrogen) atoms. The predicted molar refractivity (Wildman–Crippen MR) is 129 cm³/mol. The molecule has 0 saturated carbocycles. The number of hydrogen-bond donors (Lipinski definition) is 0. The maximum Gasteiger partial charge on any atom is 2.00 e. The Labute approximate surface area is 210 Å². The van der Waals surface area contributed by atoms with E-state index < -0.39 is 0 Å². The molecule has 0 aromatic carbocycles. The molecule has 0 spiro atoms. The number of allylic oxidation sites excluding steroid dienone is 4. The molecular formula is C21H38Br2Cl2Mg. The molecule has 0 heterocycles. The van der Waals surface area contributed by atoms with E-state index in [-0.39, 0.29) is 47.5 Å². The van der Waals surface area contributed by atoms with Crippen molar-refractivity contribution in [3.63, 3.8) is 0 Å². The van der Waals surface area contributed by atoms with E-state index in [4.69, 9.17) is 23.2 Å². The molecule has 0 rings (SSSR count). The summed E-state index contributed by atoms with van der Waals surface area (Å²) in [6.45, 7) is 22.7. The van der Waals surface area contributed by atoms with Crippen LogP contribution < -0.4 is 17.0 Å². The van der Waals surface area contributed by atoms with E-state index >= 15 is 0 Å². The third-order valence-electron chi connectivity index (χ3n) is 2.65. The minimum absolute atomic E-state index is 0. The zero-order valence-corrected chi connectivity index (χ0v) is 22.2. The largest absolute Gasteiger partial charge is 2.00 e. The molecule has 0 aliphatic carbocycles. The van der Waals surface area contributed by atoms with Gasteiger partial charge in [-0.2, -0.15) is 6.42 Å². The first-order valence-electron chi connectivity index (χ1n) is 7.84. The zero-order valence-electron chi connectivity index (χ0n) is 16.1. The zero-order chi connectivity index (χ0) is 18.7. The SMILES string of the molecule is C.C=C(C)CCCC(=C)CCCl.C=C(C)C[CH2-].C=C(CBr)CCCl.[Br-].[Mg+2]. The number of halogens is 4. The van der Waals surface area contributed by atoms with Gasteiger partial charge in [0.25, 0.3) is 0 Å². The number of alkyl halides is 3. The first-order valence-corrected chi connectivity index (χ1v) is 10.0. The van der Waals surface area contributed by atoms with Gasteiger partial charge < -0.3 is 23.9 Å². The van der Waals surface area contributed by atoms with Crippen LogP contribution in [0.15, 0.2) is 48.6 Å². The quantitative estimate of drug-likeness (QED) is 0.147. The first kappa shape index (κ1) is 41.6. The summed E-state index contributed by atoms with van der Waals surface area (Å²) in [6, 6.07) is 0. The minimum atomic E-state index is 0. The average molecular weight is 546 g/mol. The Morgan fingerprint density at radius 1 is 0.846 bits per heavy atom. The molecule has 0 nitrogen and oxygen atoms in total. The topological polar surface area (TPSA) is 0 Å². The second kappa shape index (κ2) is 33.8. The molecule has 0 unspecified atom stereocenters. The van der Waals surface area contributed by atoms with Gasteiger partial charge in [0.2, 0.25) is 0 Å². The van der Waals surface area contributed by atoms with E-state index in [1.165, 1.54) is 17.6 Å². The van der Waals surface area contributed by atoms with Crippen molar-refractivity contribution < 1.29 is 17.0 Å². The summed E-state index contributed by atoms with van der Waals surface area (Å²) in [4.78, 5) is 0. The summed E-state index contributed by atoms with van der Waals surface area (Å²) < 4.78 is 0. The van der Waals surface area contributed by atoms with E-state index in [1.807, 2.05) is 6.92 Å². The van der Waals surface area contributed by atoms with E-state index in [0.717, 1.165) is 48.6 Å². The molecule has 0 saturated heterocycles. The first-order chi connectivity index (χ1) is 10.7. The summed E-state index contributed by atoms with van der Waals surface area (Å²) in [5, 5.41) is 0.875. The number of hydrogen-bond acceptors (Lipinski definition) is 0. The van der Waals surface area contributed by atoms with Crippen molar-refractivity contribution in [2.45, 2.75) is 59.8 Å². The van der Waals surface area contributed by atoms with Crippen molar-refractivity contribution in [1.82, 2.24) is 0 Å². The number of rotatable bonds is 10. The summed E-state index contributed by atoms with van der Waals surface area (Å²) in [7, 11) is 0. The molecule has 0 aliphatic heterocycles. The van der Waals surface area contributed by atoms with Gasteiger partial charge in [0.05, 0.1) is 0 Å². The smallest absolute Gasteiger partial charge is 1.00 e. The maximum atomic E-state index is 5.56. The second-order valence-electron chi connectivity index (χ2n) is 5.53. The Bertz CT molecular complexity index is 343. The predicted octanol–water partition coefficient (Wildman–Crippen LogP) is 5.53. The van der Waals surface area contributed by atoms with Crippen LogP contribution in [-0.2, 0) is 0 Å².